The second-order valence-corrected chi connectivity index (χ2v) is 3.46. The van der Waals surface area contributed by atoms with Gasteiger partial charge in [0.1, 0.15) is 5.84 Å². The zero-order valence-corrected chi connectivity index (χ0v) is 14.7. The molecule has 2 nitrogen and oxygen atoms in total. The molecule has 0 saturated heterocycles. The van der Waals surface area contributed by atoms with Crippen molar-refractivity contribution in [3.05, 3.63) is 42.0 Å². The fourth-order valence-electron chi connectivity index (χ4n) is 1.12. The van der Waals surface area contributed by atoms with Crippen molar-refractivity contribution in [2.24, 2.45) is 10.7 Å². The summed E-state index contributed by atoms with van der Waals surface area (Å²) in [5, 5.41) is 0. The molecule has 2 N–H and O–H groups in total. The smallest absolute Gasteiger partial charge is 0.110 e. The van der Waals surface area contributed by atoms with Gasteiger partial charge in [-0.3, -0.25) is 4.99 Å². The van der Waals surface area contributed by atoms with Crippen LogP contribution < -0.4 is 5.73 Å². The molecule has 0 unspecified atom stereocenters. The first-order chi connectivity index (χ1) is 8.22. The molecule has 97 valence electrons. The summed E-state index contributed by atoms with van der Waals surface area (Å²) in [6, 6.07) is 8.84. The van der Waals surface area contributed by atoms with Crippen LogP contribution in [0.3, 0.4) is 0 Å². The van der Waals surface area contributed by atoms with Crippen molar-refractivity contribution >= 4 is 11.5 Å². The van der Waals surface area contributed by atoms with E-state index in [1.165, 1.54) is 0 Å². The Morgan fingerprint density at radius 1 is 1.39 bits per heavy atom. The van der Waals surface area contributed by atoms with Crippen molar-refractivity contribution in [3.63, 3.8) is 0 Å². The molecule has 0 saturated carbocycles. The van der Waals surface area contributed by atoms with E-state index in [0.29, 0.717) is 5.84 Å². The Morgan fingerprint density at radius 3 is 2.56 bits per heavy atom. The molecule has 1 aromatic rings. The minimum absolute atomic E-state index is 0. The first-order valence-corrected chi connectivity index (χ1v) is 6.21. The van der Waals surface area contributed by atoms with E-state index in [1.807, 2.05) is 51.1 Å². The quantitative estimate of drug-likeness (QED) is 0.505. The molecule has 0 aliphatic heterocycles. The zero-order valence-electron chi connectivity index (χ0n) is 11.9. The van der Waals surface area contributed by atoms with Crippen LogP contribution in [0.4, 0.5) is 5.69 Å². The monoisotopic (exact) mass is 320 g/mol. The molecule has 0 aromatic heterocycles. The molecule has 0 amide bonds. The number of aryl methyl sites for hydroxylation is 1. The third-order valence-electron chi connectivity index (χ3n) is 1.95. The summed E-state index contributed by atoms with van der Waals surface area (Å²) in [5.41, 5.74) is 7.69. The van der Waals surface area contributed by atoms with Crippen LogP contribution in [-0.2, 0) is 32.7 Å². The second-order valence-electron chi connectivity index (χ2n) is 3.46. The molecule has 0 atom stereocenters. The molecule has 0 aliphatic rings. The van der Waals surface area contributed by atoms with Crippen LogP contribution in [0.25, 0.3) is 0 Å². The van der Waals surface area contributed by atoms with E-state index in [1.54, 1.807) is 0 Å². The third-order valence-corrected chi connectivity index (χ3v) is 1.95. The van der Waals surface area contributed by atoms with Crippen molar-refractivity contribution in [3.8, 4) is 0 Å². The maximum atomic E-state index is 5.73. The summed E-state index contributed by atoms with van der Waals surface area (Å²) in [6.45, 7) is 8.13. The number of allylic oxidation sites excluding steroid dienone is 1. The van der Waals surface area contributed by atoms with E-state index in [9.17, 15) is 0 Å². The van der Waals surface area contributed by atoms with Crippen LogP contribution in [0.15, 0.2) is 35.3 Å². The minimum atomic E-state index is 0. The number of unbranched alkanes of at least 4 members (excludes halogenated alkanes) is 1. The molecule has 0 fully saturated rings. The van der Waals surface area contributed by atoms with Crippen molar-refractivity contribution in [1.82, 2.24) is 0 Å². The molecule has 0 bridgehead atoms. The van der Waals surface area contributed by atoms with Crippen molar-refractivity contribution in [2.75, 3.05) is 0 Å². The van der Waals surface area contributed by atoms with Crippen molar-refractivity contribution in [2.45, 2.75) is 40.5 Å². The molecule has 18 heavy (non-hydrogen) atoms. The molecular formula is C15H23N2Y-. The number of benzene rings is 1. The number of nitrogens with two attached hydrogens (primary N) is 1. The molecule has 1 radical (unpaired) electrons. The van der Waals surface area contributed by atoms with Gasteiger partial charge in [-0.05, 0) is 18.2 Å². The summed E-state index contributed by atoms with van der Waals surface area (Å²) >= 11 is 0. The van der Waals surface area contributed by atoms with Crippen LogP contribution >= 0.6 is 0 Å². The summed E-state index contributed by atoms with van der Waals surface area (Å²) in [5.74, 6) is 0.542. The summed E-state index contributed by atoms with van der Waals surface area (Å²) in [6.07, 6.45) is 6.05. The number of hydrogen-bond acceptors (Lipinski definition) is 1. The van der Waals surface area contributed by atoms with Gasteiger partial charge in [0.2, 0.25) is 0 Å². The maximum Gasteiger partial charge on any atom is 0.110 e. The van der Waals surface area contributed by atoms with Gasteiger partial charge in [-0.25, -0.2) is 0 Å². The Balaban J connectivity index is 0. The van der Waals surface area contributed by atoms with Gasteiger partial charge in [0.15, 0.2) is 0 Å². The molecular weight excluding hydrogens is 297 g/mol. The molecule has 1 aromatic carbocycles. The van der Waals surface area contributed by atoms with E-state index >= 15 is 0 Å². The summed E-state index contributed by atoms with van der Waals surface area (Å²) in [7, 11) is 0. The fraction of sp³-hybridized carbons (Fsp3) is 0.400. The van der Waals surface area contributed by atoms with Crippen LogP contribution in [-0.4, -0.2) is 5.84 Å². The van der Waals surface area contributed by atoms with Gasteiger partial charge in [0.25, 0.3) is 0 Å². The second kappa shape index (κ2) is 13.0. The fourth-order valence-corrected chi connectivity index (χ4v) is 1.12. The standard InChI is InChI=1S/C13H17N2.C2H6.Y/c1-3-4-5-6-13(14)15-12-9-7-11(2)8-10-12;1-2;/h5-7,9-10H,3-4H2,1-2H3,(H2,14,15);1-2H3;/q-1;;/b6-5-;;. The molecule has 1 rings (SSSR count). The summed E-state index contributed by atoms with van der Waals surface area (Å²) in [4.78, 5) is 4.25. The minimum Gasteiger partial charge on any atom is -0.385 e. The van der Waals surface area contributed by atoms with Gasteiger partial charge in [0.05, 0.1) is 0 Å². The third kappa shape index (κ3) is 9.55. The van der Waals surface area contributed by atoms with Crippen molar-refractivity contribution < 1.29 is 32.7 Å². The number of nitrogens with zero attached hydrogens (tertiary/aromatic N) is 1. The largest absolute Gasteiger partial charge is 0.385 e. The molecule has 0 heterocycles. The van der Waals surface area contributed by atoms with Gasteiger partial charge in [-0.15, -0.1) is 6.07 Å². The van der Waals surface area contributed by atoms with Gasteiger partial charge in [-0.1, -0.05) is 40.2 Å². The van der Waals surface area contributed by atoms with E-state index in [0.717, 1.165) is 24.1 Å². The van der Waals surface area contributed by atoms with Gasteiger partial charge in [-0.2, -0.15) is 23.8 Å². The Kier molecular flexibility index (Phi) is 14.3. The first-order valence-electron chi connectivity index (χ1n) is 6.21. The number of rotatable bonds is 4. The van der Waals surface area contributed by atoms with Crippen LogP contribution in [0, 0.1) is 13.0 Å². The average Bonchev–Trinajstić information content (AvgIpc) is 2.35. The van der Waals surface area contributed by atoms with E-state index in [-0.39, 0.29) is 32.7 Å². The zero-order chi connectivity index (χ0) is 13.1. The van der Waals surface area contributed by atoms with Gasteiger partial charge in [0, 0.05) is 32.7 Å². The number of hydrogen-bond donors (Lipinski definition) is 1. The number of amidine groups is 1. The van der Waals surface area contributed by atoms with Gasteiger partial charge < -0.3 is 5.73 Å². The van der Waals surface area contributed by atoms with Crippen LogP contribution in [0.2, 0.25) is 0 Å². The van der Waals surface area contributed by atoms with E-state index in [2.05, 4.69) is 18.0 Å². The van der Waals surface area contributed by atoms with Crippen LogP contribution in [0.5, 0.6) is 0 Å². The summed E-state index contributed by atoms with van der Waals surface area (Å²) < 4.78 is 0. The predicted molar refractivity (Wildman–Crippen MR) is 76.7 cm³/mol. The predicted octanol–water partition coefficient (Wildman–Crippen LogP) is 4.16. The molecule has 0 aliphatic carbocycles. The topological polar surface area (TPSA) is 38.4 Å². The van der Waals surface area contributed by atoms with Crippen molar-refractivity contribution in [1.29, 1.82) is 0 Å². The SMILES string of the molecule is CC.CCC/C=C\C(N)=Nc1c[c-]c(C)cc1.[Y]. The van der Waals surface area contributed by atoms with E-state index < -0.39 is 0 Å². The number of aliphatic imine (C=N–C) groups is 1. The molecule has 0 spiro atoms. The van der Waals surface area contributed by atoms with E-state index in [4.69, 9.17) is 5.73 Å². The maximum absolute atomic E-state index is 5.73. The first kappa shape index (κ1) is 19.9. The Bertz CT molecular complexity index is 353. The Morgan fingerprint density at radius 2 is 2.06 bits per heavy atom. The Hall–Kier alpha value is -0.466. The molecule has 3 heteroatoms. The van der Waals surface area contributed by atoms with Crippen LogP contribution in [0.1, 0.15) is 39.2 Å². The average molecular weight is 320 g/mol. The van der Waals surface area contributed by atoms with Gasteiger partial charge >= 0.3 is 0 Å². The normalized spacial score (nSPS) is 10.6. The Labute approximate surface area is 137 Å².